The van der Waals surface area contributed by atoms with Crippen molar-refractivity contribution in [1.29, 1.82) is 0 Å². The number of hydrogen-bond donors (Lipinski definition) is 1. The minimum Gasteiger partial charge on any atom is -0.352 e. The van der Waals surface area contributed by atoms with Crippen LogP contribution in [0.3, 0.4) is 0 Å². The number of pyridine rings is 1. The lowest BCUT2D eigenvalue weighted by Gasteiger charge is -2.31. The maximum Gasteiger partial charge on any atom is 0.223 e. The van der Waals surface area contributed by atoms with Crippen molar-refractivity contribution < 1.29 is 9.18 Å². The van der Waals surface area contributed by atoms with Gasteiger partial charge in [0.1, 0.15) is 5.82 Å². The molecule has 0 atom stereocenters. The normalized spacial score (nSPS) is 16.0. The third kappa shape index (κ3) is 4.38. The average molecular weight is 327 g/mol. The summed E-state index contributed by atoms with van der Waals surface area (Å²) >= 11 is 0. The number of carbonyl (C=O) groups is 1. The van der Waals surface area contributed by atoms with Gasteiger partial charge in [0.15, 0.2) is 0 Å². The number of likely N-dealkylation sites (tertiary alicyclic amines) is 1. The van der Waals surface area contributed by atoms with E-state index >= 15 is 0 Å². The lowest BCUT2D eigenvalue weighted by atomic mass is 9.95. The molecular formula is C19H22FN3O. The van der Waals surface area contributed by atoms with E-state index in [4.69, 9.17) is 0 Å². The fraction of sp³-hybridized carbons (Fsp3) is 0.368. The molecule has 1 aliphatic heterocycles. The van der Waals surface area contributed by atoms with Crippen molar-refractivity contribution in [3.8, 4) is 0 Å². The molecule has 5 heteroatoms. The molecule has 1 amide bonds. The third-order valence-electron chi connectivity index (χ3n) is 4.53. The molecule has 0 spiro atoms. The molecule has 4 nitrogen and oxygen atoms in total. The van der Waals surface area contributed by atoms with Gasteiger partial charge in [0.2, 0.25) is 5.91 Å². The molecule has 0 bridgehead atoms. The maximum absolute atomic E-state index is 13.7. The summed E-state index contributed by atoms with van der Waals surface area (Å²) in [6.07, 6.45) is 5.08. The Balaban J connectivity index is 1.44. The van der Waals surface area contributed by atoms with Gasteiger partial charge in [-0.3, -0.25) is 14.7 Å². The number of aromatic nitrogens is 1. The quantitative estimate of drug-likeness (QED) is 0.918. The van der Waals surface area contributed by atoms with Crippen molar-refractivity contribution in [3.63, 3.8) is 0 Å². The van der Waals surface area contributed by atoms with Gasteiger partial charge in [-0.05, 0) is 49.7 Å². The summed E-state index contributed by atoms with van der Waals surface area (Å²) < 4.78 is 13.7. The van der Waals surface area contributed by atoms with E-state index in [0.717, 1.165) is 37.1 Å². The molecule has 1 fully saturated rings. The highest BCUT2D eigenvalue weighted by Crippen LogP contribution is 2.20. The Bertz CT molecular complexity index is 669. The molecule has 0 saturated carbocycles. The number of rotatable bonds is 5. The van der Waals surface area contributed by atoms with Crippen LogP contribution in [0.1, 0.15) is 24.0 Å². The van der Waals surface area contributed by atoms with E-state index in [9.17, 15) is 9.18 Å². The van der Waals surface area contributed by atoms with E-state index in [-0.39, 0.29) is 17.6 Å². The van der Waals surface area contributed by atoms with Gasteiger partial charge >= 0.3 is 0 Å². The van der Waals surface area contributed by atoms with Crippen LogP contribution in [0.2, 0.25) is 0 Å². The minimum absolute atomic E-state index is 0.0451. The summed E-state index contributed by atoms with van der Waals surface area (Å²) in [6, 6.07) is 10.7. The number of carbonyl (C=O) groups excluding carboxylic acids is 1. The van der Waals surface area contributed by atoms with E-state index in [1.165, 1.54) is 6.07 Å². The molecule has 1 N–H and O–H groups in total. The monoisotopic (exact) mass is 327 g/mol. The number of benzene rings is 1. The van der Waals surface area contributed by atoms with E-state index in [1.807, 2.05) is 24.3 Å². The van der Waals surface area contributed by atoms with Crippen molar-refractivity contribution in [2.45, 2.75) is 25.9 Å². The van der Waals surface area contributed by atoms with Gasteiger partial charge in [0.05, 0.1) is 0 Å². The molecule has 0 unspecified atom stereocenters. The molecule has 1 aromatic carbocycles. The molecule has 24 heavy (non-hydrogen) atoms. The van der Waals surface area contributed by atoms with Crippen LogP contribution in [0.4, 0.5) is 4.39 Å². The van der Waals surface area contributed by atoms with Crippen molar-refractivity contribution in [2.75, 3.05) is 13.1 Å². The summed E-state index contributed by atoms with van der Waals surface area (Å²) in [7, 11) is 0. The van der Waals surface area contributed by atoms with Crippen molar-refractivity contribution in [2.24, 2.45) is 5.92 Å². The zero-order valence-electron chi connectivity index (χ0n) is 13.6. The standard InChI is InChI=1S/C19H22FN3O/c20-18-4-2-1-3-17(18)14-23-11-7-16(8-12-23)19(24)22-13-15-5-9-21-10-6-15/h1-6,9-10,16H,7-8,11-14H2,(H,22,24). The van der Waals surface area contributed by atoms with Gasteiger partial charge < -0.3 is 5.32 Å². The molecule has 1 aromatic heterocycles. The number of nitrogens with zero attached hydrogens (tertiary/aromatic N) is 2. The van der Waals surface area contributed by atoms with Crippen LogP contribution >= 0.6 is 0 Å². The molecule has 3 rings (SSSR count). The lowest BCUT2D eigenvalue weighted by molar-refractivity contribution is -0.126. The molecule has 0 radical (unpaired) electrons. The Labute approximate surface area is 141 Å². The van der Waals surface area contributed by atoms with Crippen molar-refractivity contribution in [3.05, 3.63) is 65.7 Å². The fourth-order valence-electron chi connectivity index (χ4n) is 3.05. The maximum atomic E-state index is 13.7. The number of piperidine rings is 1. The Kier molecular flexibility index (Phi) is 5.54. The largest absolute Gasteiger partial charge is 0.352 e. The molecular weight excluding hydrogens is 305 g/mol. The fourth-order valence-corrected chi connectivity index (χ4v) is 3.05. The molecule has 2 aromatic rings. The van der Waals surface area contributed by atoms with Gasteiger partial charge in [0.25, 0.3) is 0 Å². The third-order valence-corrected chi connectivity index (χ3v) is 4.53. The summed E-state index contributed by atoms with van der Waals surface area (Å²) in [6.45, 7) is 2.79. The smallest absolute Gasteiger partial charge is 0.223 e. The first kappa shape index (κ1) is 16.6. The molecule has 2 heterocycles. The van der Waals surface area contributed by atoms with E-state index < -0.39 is 0 Å². The van der Waals surface area contributed by atoms with E-state index in [1.54, 1.807) is 18.5 Å². The summed E-state index contributed by atoms with van der Waals surface area (Å²) in [5.74, 6) is -0.00391. The van der Waals surface area contributed by atoms with Crippen LogP contribution < -0.4 is 5.32 Å². The first-order chi connectivity index (χ1) is 11.7. The molecule has 1 aliphatic rings. The summed E-state index contributed by atoms with van der Waals surface area (Å²) in [5, 5.41) is 3.00. The van der Waals surface area contributed by atoms with Crippen LogP contribution in [-0.2, 0) is 17.9 Å². The number of hydrogen-bond acceptors (Lipinski definition) is 3. The van der Waals surface area contributed by atoms with Gasteiger partial charge in [-0.25, -0.2) is 4.39 Å². The number of amides is 1. The average Bonchev–Trinajstić information content (AvgIpc) is 2.63. The van der Waals surface area contributed by atoms with Crippen molar-refractivity contribution in [1.82, 2.24) is 15.2 Å². The highest BCUT2D eigenvalue weighted by Gasteiger charge is 2.25. The molecule has 1 saturated heterocycles. The minimum atomic E-state index is -0.158. The van der Waals surface area contributed by atoms with Gasteiger partial charge in [-0.15, -0.1) is 0 Å². The Hall–Kier alpha value is -2.27. The Morgan fingerprint density at radius 3 is 2.58 bits per heavy atom. The van der Waals surface area contributed by atoms with Crippen molar-refractivity contribution >= 4 is 5.91 Å². The molecule has 0 aliphatic carbocycles. The van der Waals surface area contributed by atoms with Crippen LogP contribution in [0.5, 0.6) is 0 Å². The second-order valence-electron chi connectivity index (χ2n) is 6.22. The van der Waals surface area contributed by atoms with Gasteiger partial charge in [0, 0.05) is 37.0 Å². The number of nitrogens with one attached hydrogen (secondary N) is 1. The number of halogens is 1. The van der Waals surface area contributed by atoms with E-state index in [2.05, 4.69) is 15.2 Å². The second-order valence-corrected chi connectivity index (χ2v) is 6.22. The zero-order valence-corrected chi connectivity index (χ0v) is 13.6. The highest BCUT2D eigenvalue weighted by molar-refractivity contribution is 5.78. The highest BCUT2D eigenvalue weighted by atomic mass is 19.1. The van der Waals surface area contributed by atoms with Crippen LogP contribution in [0, 0.1) is 11.7 Å². The molecule has 126 valence electrons. The van der Waals surface area contributed by atoms with E-state index in [0.29, 0.717) is 13.1 Å². The van der Waals surface area contributed by atoms with Gasteiger partial charge in [-0.1, -0.05) is 18.2 Å². The zero-order chi connectivity index (χ0) is 16.8. The predicted octanol–water partition coefficient (Wildman–Crippen LogP) is 2.75. The van der Waals surface area contributed by atoms with Crippen LogP contribution in [0.25, 0.3) is 0 Å². The SMILES string of the molecule is O=C(NCc1ccncc1)C1CCN(Cc2ccccc2F)CC1. The summed E-state index contributed by atoms with van der Waals surface area (Å²) in [4.78, 5) is 18.5. The topological polar surface area (TPSA) is 45.2 Å². The Morgan fingerprint density at radius 2 is 1.88 bits per heavy atom. The lowest BCUT2D eigenvalue weighted by Crippen LogP contribution is -2.40. The van der Waals surface area contributed by atoms with Crippen LogP contribution in [0.15, 0.2) is 48.8 Å². The predicted molar refractivity (Wildman–Crippen MR) is 90.5 cm³/mol. The second kappa shape index (κ2) is 8.02. The first-order valence-electron chi connectivity index (χ1n) is 8.35. The van der Waals surface area contributed by atoms with Crippen LogP contribution in [-0.4, -0.2) is 28.9 Å². The Morgan fingerprint density at radius 1 is 1.17 bits per heavy atom. The first-order valence-corrected chi connectivity index (χ1v) is 8.35. The van der Waals surface area contributed by atoms with Gasteiger partial charge in [-0.2, -0.15) is 0 Å². The summed E-state index contributed by atoms with van der Waals surface area (Å²) in [5.41, 5.74) is 1.77.